The summed E-state index contributed by atoms with van der Waals surface area (Å²) in [6, 6.07) is 8.62. The Balaban J connectivity index is 1.54. The maximum atomic E-state index is 9.55. The van der Waals surface area contributed by atoms with Gasteiger partial charge in [-0.15, -0.1) is 0 Å². The Morgan fingerprint density at radius 1 is 1.24 bits per heavy atom. The Labute approximate surface area is 200 Å². The van der Waals surface area contributed by atoms with Gasteiger partial charge in [0.2, 0.25) is 5.88 Å². The third-order valence-corrected chi connectivity index (χ3v) is 5.71. The number of rotatable bonds is 7. The van der Waals surface area contributed by atoms with Gasteiger partial charge in [0.25, 0.3) is 0 Å². The molecule has 2 aromatic heterocycles. The topological polar surface area (TPSA) is 127 Å². The smallest absolute Gasteiger partial charge is 0.232 e. The lowest BCUT2D eigenvalue weighted by atomic mass is 10.0. The highest BCUT2D eigenvalue weighted by atomic mass is 35.5. The number of nitriles is 1. The van der Waals surface area contributed by atoms with Crippen molar-refractivity contribution in [3.8, 4) is 17.7 Å². The lowest BCUT2D eigenvalue weighted by molar-refractivity contribution is 0.138. The summed E-state index contributed by atoms with van der Waals surface area (Å²) in [7, 11) is 0. The molecule has 10 heteroatoms. The monoisotopic (exact) mass is 483 g/mol. The minimum absolute atomic E-state index is 0.0951. The molecule has 0 bridgehead atoms. The zero-order valence-corrected chi connectivity index (χ0v) is 18.9. The van der Waals surface area contributed by atoms with Crippen molar-refractivity contribution in [2.24, 2.45) is 0 Å². The highest BCUT2D eigenvalue weighted by Gasteiger charge is 2.21. The summed E-state index contributed by atoms with van der Waals surface area (Å²) in [5.41, 5.74) is 8.29. The largest absolute Gasteiger partial charge is 0.489 e. The van der Waals surface area contributed by atoms with Gasteiger partial charge < -0.3 is 19.9 Å². The first-order chi connectivity index (χ1) is 16.0. The number of nitrogens with one attached hydrogen (secondary N) is 1. The second kappa shape index (κ2) is 10.0. The van der Waals surface area contributed by atoms with Crippen molar-refractivity contribution in [1.29, 1.82) is 10.7 Å². The molecule has 0 radical (unpaired) electrons. The average molecular weight is 484 g/mol. The predicted molar refractivity (Wildman–Crippen MR) is 124 cm³/mol. The lowest BCUT2D eigenvalue weighted by Crippen LogP contribution is -2.17. The molecular formula is C23H19Cl2N5O3. The van der Waals surface area contributed by atoms with Crippen LogP contribution in [0.5, 0.6) is 11.6 Å². The van der Waals surface area contributed by atoms with Crippen LogP contribution in [0.15, 0.2) is 42.9 Å². The van der Waals surface area contributed by atoms with Crippen LogP contribution in [0.3, 0.4) is 0 Å². The molecule has 0 aliphatic carbocycles. The van der Waals surface area contributed by atoms with E-state index in [9.17, 15) is 5.26 Å². The molecule has 168 valence electrons. The number of anilines is 1. The van der Waals surface area contributed by atoms with Crippen molar-refractivity contribution in [1.82, 2.24) is 9.97 Å². The molecule has 0 saturated carbocycles. The standard InChI is InChI=1S/C23H19Cl2N5O3/c24-19-9-29-10-20(25)18(19)12-32-15-1-2-21(27)17(6-15)22(28)14-5-13(7-26)23(30-8-14)33-16-3-4-31-11-16/h1-2,5-6,8-10,16,28H,3-4,11-12,27H2. The molecule has 8 nitrogen and oxygen atoms in total. The first-order valence-electron chi connectivity index (χ1n) is 10.00. The van der Waals surface area contributed by atoms with Crippen molar-refractivity contribution >= 4 is 34.6 Å². The normalized spacial score (nSPS) is 15.1. The minimum Gasteiger partial charge on any atom is -0.489 e. The van der Waals surface area contributed by atoms with E-state index in [1.807, 2.05) is 0 Å². The first kappa shape index (κ1) is 22.8. The zero-order valence-electron chi connectivity index (χ0n) is 17.3. The number of benzene rings is 1. The molecule has 3 aromatic rings. The van der Waals surface area contributed by atoms with Crippen LogP contribution in [-0.2, 0) is 11.3 Å². The van der Waals surface area contributed by atoms with Gasteiger partial charge in [-0.2, -0.15) is 5.26 Å². The summed E-state index contributed by atoms with van der Waals surface area (Å²) < 4.78 is 16.9. The molecule has 1 fully saturated rings. The van der Waals surface area contributed by atoms with Gasteiger partial charge in [0, 0.05) is 47.4 Å². The summed E-state index contributed by atoms with van der Waals surface area (Å²) >= 11 is 12.3. The summed E-state index contributed by atoms with van der Waals surface area (Å²) in [4.78, 5) is 8.18. The van der Waals surface area contributed by atoms with Gasteiger partial charge in [-0.25, -0.2) is 4.98 Å². The molecule has 1 unspecified atom stereocenters. The van der Waals surface area contributed by atoms with E-state index in [2.05, 4.69) is 16.0 Å². The van der Waals surface area contributed by atoms with E-state index in [4.69, 9.17) is 48.6 Å². The number of hydrogen-bond donors (Lipinski definition) is 2. The van der Waals surface area contributed by atoms with Gasteiger partial charge in [-0.3, -0.25) is 10.4 Å². The van der Waals surface area contributed by atoms with Crippen LogP contribution in [0.2, 0.25) is 10.0 Å². The highest BCUT2D eigenvalue weighted by molar-refractivity contribution is 6.35. The molecule has 33 heavy (non-hydrogen) atoms. The summed E-state index contributed by atoms with van der Waals surface area (Å²) in [5, 5.41) is 19.0. The number of nitrogens with two attached hydrogens (primary N) is 1. The average Bonchev–Trinajstić information content (AvgIpc) is 3.32. The van der Waals surface area contributed by atoms with Crippen molar-refractivity contribution < 1.29 is 14.2 Å². The fourth-order valence-corrected chi connectivity index (χ4v) is 3.73. The van der Waals surface area contributed by atoms with E-state index in [-0.39, 0.29) is 29.9 Å². The Kier molecular flexibility index (Phi) is 6.94. The van der Waals surface area contributed by atoms with Gasteiger partial charge in [-0.1, -0.05) is 23.2 Å². The summed E-state index contributed by atoms with van der Waals surface area (Å²) in [6.07, 6.45) is 5.06. The summed E-state index contributed by atoms with van der Waals surface area (Å²) in [5.74, 6) is 0.697. The van der Waals surface area contributed by atoms with Crippen molar-refractivity contribution in [3.63, 3.8) is 0 Å². The van der Waals surface area contributed by atoms with Crippen molar-refractivity contribution in [2.75, 3.05) is 18.9 Å². The predicted octanol–water partition coefficient (Wildman–Crippen LogP) is 4.40. The maximum Gasteiger partial charge on any atom is 0.232 e. The van der Waals surface area contributed by atoms with E-state index >= 15 is 0 Å². The quantitative estimate of drug-likeness (QED) is 0.376. The second-order valence-corrected chi connectivity index (χ2v) is 8.10. The van der Waals surface area contributed by atoms with Gasteiger partial charge in [0.15, 0.2) is 0 Å². The molecule has 3 heterocycles. The van der Waals surface area contributed by atoms with Crippen LogP contribution < -0.4 is 15.2 Å². The van der Waals surface area contributed by atoms with Crippen LogP contribution in [0.1, 0.15) is 28.7 Å². The minimum atomic E-state index is -0.137. The number of nitrogen functional groups attached to an aromatic ring is 1. The molecular weight excluding hydrogens is 465 g/mol. The molecule has 1 atom stereocenters. The number of nitrogens with zero attached hydrogens (tertiary/aromatic N) is 3. The van der Waals surface area contributed by atoms with E-state index in [0.717, 1.165) is 6.42 Å². The highest BCUT2D eigenvalue weighted by Crippen LogP contribution is 2.28. The maximum absolute atomic E-state index is 9.55. The van der Waals surface area contributed by atoms with Crippen molar-refractivity contribution in [2.45, 2.75) is 19.1 Å². The van der Waals surface area contributed by atoms with Crippen LogP contribution in [0.25, 0.3) is 0 Å². The van der Waals surface area contributed by atoms with Crippen LogP contribution in [-0.4, -0.2) is 35.0 Å². The molecule has 4 rings (SSSR count). The van der Waals surface area contributed by atoms with Crippen LogP contribution in [0, 0.1) is 16.7 Å². The molecule has 3 N–H and O–H groups in total. The van der Waals surface area contributed by atoms with E-state index in [0.29, 0.717) is 51.4 Å². The Bertz CT molecular complexity index is 1220. The van der Waals surface area contributed by atoms with E-state index in [1.165, 1.54) is 18.6 Å². The lowest BCUT2D eigenvalue weighted by Gasteiger charge is -2.14. The number of hydrogen-bond acceptors (Lipinski definition) is 8. The molecule has 1 aliphatic rings. The first-order valence-corrected chi connectivity index (χ1v) is 10.8. The third kappa shape index (κ3) is 5.17. The van der Waals surface area contributed by atoms with E-state index < -0.39 is 0 Å². The Hall–Kier alpha value is -3.38. The fraction of sp³-hybridized carbons (Fsp3) is 0.217. The second-order valence-electron chi connectivity index (χ2n) is 7.29. The van der Waals surface area contributed by atoms with Crippen LogP contribution in [0.4, 0.5) is 5.69 Å². The number of ether oxygens (including phenoxy) is 3. The molecule has 0 amide bonds. The molecule has 1 aliphatic heterocycles. The third-order valence-electron chi connectivity index (χ3n) is 5.06. The Morgan fingerprint density at radius 2 is 2.03 bits per heavy atom. The van der Waals surface area contributed by atoms with E-state index in [1.54, 1.807) is 24.3 Å². The Morgan fingerprint density at radius 3 is 2.73 bits per heavy atom. The zero-order chi connectivity index (χ0) is 23.4. The van der Waals surface area contributed by atoms with Gasteiger partial charge >= 0.3 is 0 Å². The van der Waals surface area contributed by atoms with Crippen LogP contribution >= 0.6 is 23.2 Å². The number of pyridine rings is 2. The van der Waals surface area contributed by atoms with Gasteiger partial charge in [0.05, 0.1) is 29.0 Å². The fourth-order valence-electron chi connectivity index (χ4n) is 3.26. The molecule has 0 spiro atoms. The summed E-state index contributed by atoms with van der Waals surface area (Å²) in [6.45, 7) is 1.20. The van der Waals surface area contributed by atoms with Gasteiger partial charge in [0.1, 0.15) is 30.1 Å². The number of halogens is 2. The van der Waals surface area contributed by atoms with Crippen molar-refractivity contribution in [3.05, 3.63) is 75.2 Å². The van der Waals surface area contributed by atoms with Gasteiger partial charge in [-0.05, 0) is 24.3 Å². The molecule has 1 saturated heterocycles. The number of aromatic nitrogens is 2. The molecule has 1 aromatic carbocycles. The SMILES string of the molecule is N#Cc1cc(C(=N)c2cc(OCc3c(Cl)cncc3Cl)ccc2N)cnc1OC1CCOC1.